The molecule has 3 amide bonds. The standard InChI is InChI=1S/C16H22N2O6S/c1-10(13(19)17-15(21)18-16(2,3)4)24-14(20)11-8-6-7-9-12(11)25(5,22)23/h6-10H,1-5H3,(H2,17,18,19,21). The van der Waals surface area contributed by atoms with Crippen LogP contribution in [0, 0.1) is 0 Å². The fraction of sp³-hybridized carbons (Fsp3) is 0.438. The van der Waals surface area contributed by atoms with Crippen molar-refractivity contribution in [3.8, 4) is 0 Å². The third kappa shape index (κ3) is 6.54. The summed E-state index contributed by atoms with van der Waals surface area (Å²) in [5, 5.41) is 4.58. The highest BCUT2D eigenvalue weighted by atomic mass is 32.2. The highest BCUT2D eigenvalue weighted by Gasteiger charge is 2.25. The van der Waals surface area contributed by atoms with Crippen molar-refractivity contribution in [2.24, 2.45) is 0 Å². The molecule has 25 heavy (non-hydrogen) atoms. The van der Waals surface area contributed by atoms with Gasteiger partial charge in [-0.2, -0.15) is 0 Å². The quantitative estimate of drug-likeness (QED) is 0.770. The van der Waals surface area contributed by atoms with Crippen molar-refractivity contribution >= 4 is 27.7 Å². The minimum absolute atomic E-state index is 0.177. The Bertz CT molecular complexity index is 780. The zero-order valence-corrected chi connectivity index (χ0v) is 15.6. The minimum atomic E-state index is -3.64. The topological polar surface area (TPSA) is 119 Å². The molecule has 0 saturated heterocycles. The summed E-state index contributed by atoms with van der Waals surface area (Å²) >= 11 is 0. The summed E-state index contributed by atoms with van der Waals surface area (Å²) in [6, 6.07) is 4.78. The molecule has 8 nitrogen and oxygen atoms in total. The van der Waals surface area contributed by atoms with Gasteiger partial charge in [-0.3, -0.25) is 10.1 Å². The van der Waals surface area contributed by atoms with E-state index in [4.69, 9.17) is 4.74 Å². The summed E-state index contributed by atoms with van der Waals surface area (Å²) in [7, 11) is -3.64. The number of urea groups is 1. The van der Waals surface area contributed by atoms with E-state index in [0.717, 1.165) is 6.26 Å². The molecule has 0 spiro atoms. The largest absolute Gasteiger partial charge is 0.449 e. The average Bonchev–Trinajstić information content (AvgIpc) is 2.44. The van der Waals surface area contributed by atoms with Crippen LogP contribution >= 0.6 is 0 Å². The Kier molecular flexibility index (Phi) is 6.31. The van der Waals surface area contributed by atoms with E-state index in [1.54, 1.807) is 20.8 Å². The number of hydrogen-bond donors (Lipinski definition) is 2. The zero-order valence-electron chi connectivity index (χ0n) is 14.7. The predicted octanol–water partition coefficient (Wildman–Crippen LogP) is 1.26. The number of rotatable bonds is 4. The summed E-state index contributed by atoms with van der Waals surface area (Å²) in [5.41, 5.74) is -0.720. The Balaban J connectivity index is 2.81. The lowest BCUT2D eigenvalue weighted by Gasteiger charge is -2.21. The van der Waals surface area contributed by atoms with Crippen LogP contribution in [0.5, 0.6) is 0 Å². The van der Waals surface area contributed by atoms with Gasteiger partial charge in [-0.05, 0) is 39.8 Å². The zero-order chi connectivity index (χ0) is 19.4. The number of benzene rings is 1. The van der Waals surface area contributed by atoms with E-state index in [9.17, 15) is 22.8 Å². The third-order valence-electron chi connectivity index (χ3n) is 2.88. The maximum atomic E-state index is 12.2. The SMILES string of the molecule is CC(OC(=O)c1ccccc1S(C)(=O)=O)C(=O)NC(=O)NC(C)(C)C. The molecule has 1 rings (SSSR count). The number of imide groups is 1. The summed E-state index contributed by atoms with van der Waals surface area (Å²) in [6.45, 7) is 6.49. The van der Waals surface area contributed by atoms with E-state index >= 15 is 0 Å². The molecule has 1 aromatic carbocycles. The first kappa shape index (κ1) is 20.6. The first-order chi connectivity index (χ1) is 11.3. The van der Waals surface area contributed by atoms with E-state index in [0.29, 0.717) is 0 Å². The number of esters is 1. The molecule has 1 atom stereocenters. The van der Waals surface area contributed by atoms with Gasteiger partial charge in [0, 0.05) is 11.8 Å². The Morgan fingerprint density at radius 1 is 1.12 bits per heavy atom. The van der Waals surface area contributed by atoms with Crippen molar-refractivity contribution in [3.05, 3.63) is 29.8 Å². The van der Waals surface area contributed by atoms with Crippen LogP contribution < -0.4 is 10.6 Å². The molecule has 9 heteroatoms. The highest BCUT2D eigenvalue weighted by Crippen LogP contribution is 2.17. The van der Waals surface area contributed by atoms with Crippen LogP contribution in [-0.4, -0.2) is 44.2 Å². The van der Waals surface area contributed by atoms with Gasteiger partial charge < -0.3 is 10.1 Å². The van der Waals surface area contributed by atoms with Gasteiger partial charge in [-0.1, -0.05) is 12.1 Å². The summed E-state index contributed by atoms with van der Waals surface area (Å²) in [4.78, 5) is 35.6. The van der Waals surface area contributed by atoms with Crippen LogP contribution in [0.15, 0.2) is 29.2 Å². The molecule has 1 unspecified atom stereocenters. The Morgan fingerprint density at radius 2 is 1.68 bits per heavy atom. The van der Waals surface area contributed by atoms with E-state index in [2.05, 4.69) is 10.6 Å². The molecule has 0 aromatic heterocycles. The first-order valence-corrected chi connectivity index (χ1v) is 9.33. The van der Waals surface area contributed by atoms with E-state index in [-0.39, 0.29) is 10.5 Å². The van der Waals surface area contributed by atoms with Gasteiger partial charge in [0.05, 0.1) is 10.5 Å². The van der Waals surface area contributed by atoms with Gasteiger partial charge >= 0.3 is 12.0 Å². The Labute approximate surface area is 146 Å². The molecule has 138 valence electrons. The number of carbonyl (C=O) groups is 3. The van der Waals surface area contributed by atoms with E-state index in [1.807, 2.05) is 0 Å². The average molecular weight is 370 g/mol. The van der Waals surface area contributed by atoms with Gasteiger partial charge in [0.25, 0.3) is 5.91 Å². The van der Waals surface area contributed by atoms with E-state index in [1.165, 1.54) is 31.2 Å². The molecule has 0 heterocycles. The number of ether oxygens (including phenoxy) is 1. The third-order valence-corrected chi connectivity index (χ3v) is 4.04. The molecule has 0 aliphatic carbocycles. The normalized spacial score (nSPS) is 12.8. The van der Waals surface area contributed by atoms with Crippen molar-refractivity contribution in [1.29, 1.82) is 0 Å². The van der Waals surface area contributed by atoms with Crippen molar-refractivity contribution in [3.63, 3.8) is 0 Å². The Morgan fingerprint density at radius 3 is 2.20 bits per heavy atom. The number of nitrogens with one attached hydrogen (secondary N) is 2. The summed E-state index contributed by atoms with van der Waals surface area (Å²) in [6.07, 6.45) is -0.322. The van der Waals surface area contributed by atoms with Gasteiger partial charge in [0.2, 0.25) is 0 Å². The van der Waals surface area contributed by atoms with Gasteiger partial charge in [-0.15, -0.1) is 0 Å². The molecule has 0 bridgehead atoms. The van der Waals surface area contributed by atoms with Gasteiger partial charge in [-0.25, -0.2) is 18.0 Å². The molecule has 0 aliphatic heterocycles. The lowest BCUT2D eigenvalue weighted by molar-refractivity contribution is -0.127. The second-order valence-electron chi connectivity index (χ2n) is 6.51. The molecular weight excluding hydrogens is 348 g/mol. The number of hydrogen-bond acceptors (Lipinski definition) is 6. The number of amides is 3. The van der Waals surface area contributed by atoms with Gasteiger partial charge in [0.1, 0.15) is 0 Å². The smallest absolute Gasteiger partial charge is 0.340 e. The molecule has 1 aromatic rings. The fourth-order valence-corrected chi connectivity index (χ4v) is 2.70. The molecular formula is C16H22N2O6S. The van der Waals surface area contributed by atoms with Crippen LogP contribution in [0.3, 0.4) is 0 Å². The second-order valence-corrected chi connectivity index (χ2v) is 8.49. The van der Waals surface area contributed by atoms with E-state index < -0.39 is 39.4 Å². The molecule has 0 aliphatic rings. The monoisotopic (exact) mass is 370 g/mol. The van der Waals surface area contributed by atoms with Crippen LogP contribution in [0.25, 0.3) is 0 Å². The van der Waals surface area contributed by atoms with Crippen molar-refractivity contribution in [2.75, 3.05) is 6.26 Å². The second kappa shape index (κ2) is 7.64. The van der Waals surface area contributed by atoms with Crippen molar-refractivity contribution < 1.29 is 27.5 Å². The first-order valence-electron chi connectivity index (χ1n) is 7.44. The fourth-order valence-electron chi connectivity index (χ4n) is 1.82. The van der Waals surface area contributed by atoms with Crippen LogP contribution in [-0.2, 0) is 19.4 Å². The van der Waals surface area contributed by atoms with Crippen molar-refractivity contribution in [1.82, 2.24) is 10.6 Å². The lowest BCUT2D eigenvalue weighted by atomic mass is 10.1. The highest BCUT2D eigenvalue weighted by molar-refractivity contribution is 7.90. The van der Waals surface area contributed by atoms with Crippen LogP contribution in [0.2, 0.25) is 0 Å². The summed E-state index contributed by atoms with van der Waals surface area (Å²) < 4.78 is 28.4. The Hall–Kier alpha value is -2.42. The lowest BCUT2D eigenvalue weighted by Crippen LogP contribution is -2.50. The predicted molar refractivity (Wildman–Crippen MR) is 90.9 cm³/mol. The maximum Gasteiger partial charge on any atom is 0.340 e. The minimum Gasteiger partial charge on any atom is -0.449 e. The molecule has 0 saturated carbocycles. The maximum absolute atomic E-state index is 12.2. The molecule has 2 N–H and O–H groups in total. The van der Waals surface area contributed by atoms with Crippen molar-refractivity contribution in [2.45, 2.75) is 44.2 Å². The van der Waals surface area contributed by atoms with Gasteiger partial charge in [0.15, 0.2) is 15.9 Å². The number of sulfone groups is 1. The number of carbonyl (C=O) groups excluding carboxylic acids is 3. The molecule has 0 radical (unpaired) electrons. The summed E-state index contributed by atoms with van der Waals surface area (Å²) in [5.74, 6) is -1.80. The van der Waals surface area contributed by atoms with Crippen LogP contribution in [0.1, 0.15) is 38.1 Å². The molecule has 0 fully saturated rings. The van der Waals surface area contributed by atoms with Crippen LogP contribution in [0.4, 0.5) is 4.79 Å².